The summed E-state index contributed by atoms with van der Waals surface area (Å²) in [6.07, 6.45) is 7.04. The van der Waals surface area contributed by atoms with Crippen molar-refractivity contribution >= 4 is 11.8 Å². The molecule has 1 saturated heterocycles. The summed E-state index contributed by atoms with van der Waals surface area (Å²) in [5, 5.41) is 2.98. The molecule has 1 aromatic carbocycles. The molecule has 6 heteroatoms. The highest BCUT2D eigenvalue weighted by Crippen LogP contribution is 2.43. The fourth-order valence-corrected chi connectivity index (χ4v) is 4.76. The van der Waals surface area contributed by atoms with Crippen molar-refractivity contribution in [3.63, 3.8) is 0 Å². The van der Waals surface area contributed by atoms with Gasteiger partial charge in [0.2, 0.25) is 5.91 Å². The maximum absolute atomic E-state index is 13.7. The number of benzene rings is 1. The van der Waals surface area contributed by atoms with E-state index in [0.29, 0.717) is 18.0 Å². The number of nitrogens with one attached hydrogen (secondary N) is 1. The van der Waals surface area contributed by atoms with Crippen LogP contribution in [-0.4, -0.2) is 40.1 Å². The summed E-state index contributed by atoms with van der Waals surface area (Å²) in [6, 6.07) is 10.7. The fourth-order valence-electron chi connectivity index (χ4n) is 4.76. The van der Waals surface area contributed by atoms with Crippen molar-refractivity contribution in [1.82, 2.24) is 15.2 Å². The van der Waals surface area contributed by atoms with Crippen molar-refractivity contribution in [2.24, 2.45) is 5.92 Å². The molecule has 4 rings (SSSR count). The average molecular weight is 408 g/mol. The molecule has 1 saturated carbocycles. The molecule has 2 aromatic rings. The molecule has 2 fully saturated rings. The SMILES string of the molecule is Cc1ccccc1C(=O)N1C(C(=O)NCc2ccncc2)COC12CCCC(C)C2. The minimum Gasteiger partial charge on any atom is -0.353 e. The van der Waals surface area contributed by atoms with Gasteiger partial charge in [-0.15, -0.1) is 0 Å². The van der Waals surface area contributed by atoms with E-state index in [4.69, 9.17) is 4.74 Å². The molecule has 1 spiro atoms. The van der Waals surface area contributed by atoms with Gasteiger partial charge in [0.15, 0.2) is 0 Å². The normalized spacial score (nSPS) is 26.0. The Labute approximate surface area is 177 Å². The number of carbonyl (C=O) groups excluding carboxylic acids is 2. The largest absolute Gasteiger partial charge is 0.353 e. The highest BCUT2D eigenvalue weighted by atomic mass is 16.5. The van der Waals surface area contributed by atoms with E-state index >= 15 is 0 Å². The zero-order valence-electron chi connectivity index (χ0n) is 17.6. The molecule has 3 unspecified atom stereocenters. The van der Waals surface area contributed by atoms with Gasteiger partial charge in [-0.25, -0.2) is 0 Å². The maximum atomic E-state index is 13.7. The van der Waals surface area contributed by atoms with Crippen molar-refractivity contribution in [2.45, 2.75) is 57.8 Å². The third kappa shape index (κ3) is 3.97. The van der Waals surface area contributed by atoms with E-state index in [9.17, 15) is 9.59 Å². The van der Waals surface area contributed by atoms with Crippen LogP contribution in [0, 0.1) is 12.8 Å². The smallest absolute Gasteiger partial charge is 0.257 e. The summed E-state index contributed by atoms with van der Waals surface area (Å²) in [5.41, 5.74) is 1.81. The molecule has 2 aliphatic rings. The number of aromatic nitrogens is 1. The number of hydrogen-bond donors (Lipinski definition) is 1. The maximum Gasteiger partial charge on any atom is 0.257 e. The van der Waals surface area contributed by atoms with Gasteiger partial charge in [-0.1, -0.05) is 31.5 Å². The van der Waals surface area contributed by atoms with E-state index < -0.39 is 11.8 Å². The molecule has 1 aliphatic heterocycles. The Balaban J connectivity index is 1.61. The third-order valence-corrected chi connectivity index (χ3v) is 6.31. The van der Waals surface area contributed by atoms with Crippen LogP contribution in [0.5, 0.6) is 0 Å². The quantitative estimate of drug-likeness (QED) is 0.843. The van der Waals surface area contributed by atoms with Crippen LogP contribution in [0.3, 0.4) is 0 Å². The zero-order chi connectivity index (χ0) is 21.1. The molecule has 1 aromatic heterocycles. The predicted octanol–water partition coefficient (Wildman–Crippen LogP) is 3.45. The van der Waals surface area contributed by atoms with Crippen LogP contribution in [0.25, 0.3) is 0 Å². The predicted molar refractivity (Wildman–Crippen MR) is 114 cm³/mol. The third-order valence-electron chi connectivity index (χ3n) is 6.31. The Morgan fingerprint density at radius 1 is 1.23 bits per heavy atom. The second-order valence-corrected chi connectivity index (χ2v) is 8.54. The summed E-state index contributed by atoms with van der Waals surface area (Å²) in [5.74, 6) is 0.150. The number of amides is 2. The molecule has 0 radical (unpaired) electrons. The van der Waals surface area contributed by atoms with Crippen molar-refractivity contribution < 1.29 is 14.3 Å². The zero-order valence-corrected chi connectivity index (χ0v) is 17.6. The van der Waals surface area contributed by atoms with Gasteiger partial charge in [0.05, 0.1) is 6.61 Å². The molecular formula is C24H29N3O3. The summed E-state index contributed by atoms with van der Waals surface area (Å²) in [7, 11) is 0. The Hall–Kier alpha value is -2.73. The van der Waals surface area contributed by atoms with Crippen LogP contribution in [0.1, 0.15) is 54.1 Å². The number of rotatable bonds is 4. The number of nitrogens with zero attached hydrogens (tertiary/aromatic N) is 2. The van der Waals surface area contributed by atoms with Gasteiger partial charge in [-0.2, -0.15) is 0 Å². The summed E-state index contributed by atoms with van der Waals surface area (Å²) < 4.78 is 6.27. The minimum atomic E-state index is -0.699. The number of pyridine rings is 1. The fraction of sp³-hybridized carbons (Fsp3) is 0.458. The second-order valence-electron chi connectivity index (χ2n) is 8.54. The molecule has 3 atom stereocenters. The van der Waals surface area contributed by atoms with Gasteiger partial charge in [0, 0.05) is 24.5 Å². The first kappa shape index (κ1) is 20.5. The summed E-state index contributed by atoms with van der Waals surface area (Å²) in [6.45, 7) is 4.75. The molecule has 2 amide bonds. The molecule has 30 heavy (non-hydrogen) atoms. The standard InChI is InChI=1S/C24H29N3O3/c1-17-6-5-11-24(14-17)27(23(29)20-8-4-3-7-18(20)2)21(16-30-24)22(28)26-15-19-9-12-25-13-10-19/h3-4,7-10,12-13,17,21H,5-6,11,14-16H2,1-2H3,(H,26,28). The second kappa shape index (κ2) is 8.56. The topological polar surface area (TPSA) is 71.5 Å². The van der Waals surface area contributed by atoms with Crippen molar-refractivity contribution in [1.29, 1.82) is 0 Å². The van der Waals surface area contributed by atoms with Crippen molar-refractivity contribution in [2.75, 3.05) is 6.61 Å². The number of aryl methyl sites for hydroxylation is 1. The van der Waals surface area contributed by atoms with E-state index in [1.54, 1.807) is 17.3 Å². The van der Waals surface area contributed by atoms with Crippen molar-refractivity contribution in [3.05, 3.63) is 65.5 Å². The molecule has 6 nitrogen and oxygen atoms in total. The number of carbonyl (C=O) groups is 2. The Kier molecular flexibility index (Phi) is 5.86. The first-order chi connectivity index (χ1) is 14.5. The van der Waals surface area contributed by atoms with E-state index in [1.807, 2.05) is 43.3 Å². The lowest BCUT2D eigenvalue weighted by Crippen LogP contribution is -2.57. The van der Waals surface area contributed by atoms with E-state index in [1.165, 1.54) is 0 Å². The lowest BCUT2D eigenvalue weighted by Gasteiger charge is -2.43. The van der Waals surface area contributed by atoms with Gasteiger partial charge in [-0.05, 0) is 61.4 Å². The Morgan fingerprint density at radius 2 is 2.00 bits per heavy atom. The van der Waals surface area contributed by atoms with Crippen LogP contribution in [0.4, 0.5) is 0 Å². The monoisotopic (exact) mass is 407 g/mol. The molecule has 1 aliphatic carbocycles. The minimum absolute atomic E-state index is 0.122. The number of hydrogen-bond acceptors (Lipinski definition) is 4. The van der Waals surface area contributed by atoms with Crippen LogP contribution < -0.4 is 5.32 Å². The van der Waals surface area contributed by atoms with E-state index in [-0.39, 0.29) is 18.4 Å². The first-order valence-electron chi connectivity index (χ1n) is 10.7. The van der Waals surface area contributed by atoms with Gasteiger partial charge >= 0.3 is 0 Å². The molecule has 158 valence electrons. The van der Waals surface area contributed by atoms with Crippen LogP contribution in [0.2, 0.25) is 0 Å². The Bertz CT molecular complexity index is 917. The van der Waals surface area contributed by atoms with Crippen LogP contribution >= 0.6 is 0 Å². The molecular weight excluding hydrogens is 378 g/mol. The van der Waals surface area contributed by atoms with Gasteiger partial charge in [0.25, 0.3) is 5.91 Å². The van der Waals surface area contributed by atoms with E-state index in [2.05, 4.69) is 17.2 Å². The van der Waals surface area contributed by atoms with Crippen molar-refractivity contribution in [3.8, 4) is 0 Å². The number of ether oxygens (including phenoxy) is 1. The van der Waals surface area contributed by atoms with Gasteiger partial charge < -0.3 is 10.1 Å². The summed E-state index contributed by atoms with van der Waals surface area (Å²) in [4.78, 5) is 32.6. The average Bonchev–Trinajstić information content (AvgIpc) is 3.10. The van der Waals surface area contributed by atoms with E-state index in [0.717, 1.165) is 36.8 Å². The van der Waals surface area contributed by atoms with Gasteiger partial charge in [0.1, 0.15) is 11.8 Å². The molecule has 0 bridgehead atoms. The van der Waals surface area contributed by atoms with Crippen LogP contribution in [0.15, 0.2) is 48.8 Å². The summed E-state index contributed by atoms with van der Waals surface area (Å²) >= 11 is 0. The van der Waals surface area contributed by atoms with Crippen LogP contribution in [-0.2, 0) is 16.1 Å². The highest BCUT2D eigenvalue weighted by Gasteiger charge is 2.54. The Morgan fingerprint density at radius 3 is 2.73 bits per heavy atom. The first-order valence-corrected chi connectivity index (χ1v) is 10.7. The highest BCUT2D eigenvalue weighted by molar-refractivity contribution is 5.99. The van der Waals surface area contributed by atoms with Gasteiger partial charge in [-0.3, -0.25) is 19.5 Å². The molecule has 2 heterocycles. The lowest BCUT2D eigenvalue weighted by molar-refractivity contribution is -0.128. The lowest BCUT2D eigenvalue weighted by atomic mass is 9.82. The molecule has 1 N–H and O–H groups in total.